The van der Waals surface area contributed by atoms with Gasteiger partial charge in [-0.15, -0.1) is 11.3 Å². The van der Waals surface area contributed by atoms with Crippen molar-refractivity contribution in [2.24, 2.45) is 0 Å². The molecule has 0 aliphatic carbocycles. The van der Waals surface area contributed by atoms with Gasteiger partial charge in [0.1, 0.15) is 0 Å². The van der Waals surface area contributed by atoms with Gasteiger partial charge in [0, 0.05) is 23.5 Å². The molecular formula is C19H21NO3S2. The molecule has 6 heteroatoms. The Balaban J connectivity index is 1.76. The summed E-state index contributed by atoms with van der Waals surface area (Å²) in [4.78, 5) is 15.3. The summed E-state index contributed by atoms with van der Waals surface area (Å²) in [6, 6.07) is 13.4. The van der Waals surface area contributed by atoms with Crippen molar-refractivity contribution in [3.63, 3.8) is 0 Å². The minimum atomic E-state index is -3.24. The van der Waals surface area contributed by atoms with E-state index in [1.54, 1.807) is 11.8 Å². The summed E-state index contributed by atoms with van der Waals surface area (Å²) in [7, 11) is -3.24. The normalized spacial score (nSPS) is 20.9. The average molecular weight is 376 g/mol. The topological polar surface area (TPSA) is 54.5 Å². The molecular weight excluding hydrogens is 354 g/mol. The number of rotatable bonds is 3. The summed E-state index contributed by atoms with van der Waals surface area (Å²) in [5, 5.41) is 1.40. The predicted octanol–water partition coefficient (Wildman–Crippen LogP) is 3.54. The van der Waals surface area contributed by atoms with Crippen molar-refractivity contribution in [1.82, 2.24) is 4.90 Å². The highest BCUT2D eigenvalue weighted by molar-refractivity contribution is 7.91. The highest BCUT2D eigenvalue weighted by Gasteiger charge is 2.33. The second-order valence-electron chi connectivity index (χ2n) is 6.19. The van der Waals surface area contributed by atoms with E-state index in [4.69, 9.17) is 0 Å². The Morgan fingerprint density at radius 1 is 1.16 bits per heavy atom. The Morgan fingerprint density at radius 3 is 2.60 bits per heavy atom. The van der Waals surface area contributed by atoms with E-state index in [0.717, 1.165) is 10.4 Å². The van der Waals surface area contributed by atoms with Crippen LogP contribution >= 0.6 is 11.3 Å². The number of amides is 1. The Kier molecular flexibility index (Phi) is 5.39. The van der Waals surface area contributed by atoms with E-state index >= 15 is 0 Å². The van der Waals surface area contributed by atoms with Crippen molar-refractivity contribution in [2.45, 2.75) is 18.6 Å². The van der Waals surface area contributed by atoms with Gasteiger partial charge >= 0.3 is 0 Å². The van der Waals surface area contributed by atoms with Crippen molar-refractivity contribution >= 4 is 33.2 Å². The number of thiophene rings is 1. The number of hydrogen-bond donors (Lipinski definition) is 0. The van der Waals surface area contributed by atoms with Crippen LogP contribution in [0, 0.1) is 0 Å². The van der Waals surface area contributed by atoms with E-state index in [2.05, 4.69) is 0 Å². The molecule has 1 saturated heterocycles. The van der Waals surface area contributed by atoms with Crippen LogP contribution in [-0.2, 0) is 14.6 Å². The number of carbonyl (C=O) groups excluding carboxylic acids is 1. The van der Waals surface area contributed by atoms with Gasteiger partial charge in [0.25, 0.3) is 0 Å². The molecule has 0 radical (unpaired) electrons. The molecule has 1 unspecified atom stereocenters. The third-order valence-electron chi connectivity index (χ3n) is 4.41. The first-order valence-corrected chi connectivity index (χ1v) is 10.8. The molecule has 4 nitrogen and oxygen atoms in total. The fourth-order valence-corrected chi connectivity index (χ4v) is 6.06. The summed E-state index contributed by atoms with van der Waals surface area (Å²) in [5.74, 6) is -0.0780. The molecule has 0 spiro atoms. The number of sulfone groups is 1. The SMILES string of the molecule is CC(=Cc1ccccc1)C(=O)N1CCC(c2cccs2)S(=O)(=O)CC1. The monoisotopic (exact) mass is 375 g/mol. The third kappa shape index (κ3) is 4.19. The first-order valence-electron chi connectivity index (χ1n) is 8.25. The lowest BCUT2D eigenvalue weighted by atomic mass is 10.1. The molecule has 0 bridgehead atoms. The summed E-state index contributed by atoms with van der Waals surface area (Å²) < 4.78 is 25.2. The third-order valence-corrected chi connectivity index (χ3v) is 7.65. The second kappa shape index (κ2) is 7.54. The van der Waals surface area contributed by atoms with E-state index < -0.39 is 15.1 Å². The van der Waals surface area contributed by atoms with E-state index in [1.165, 1.54) is 11.3 Å². The largest absolute Gasteiger partial charge is 0.338 e. The van der Waals surface area contributed by atoms with Crippen LogP contribution in [0.4, 0.5) is 0 Å². The van der Waals surface area contributed by atoms with Crippen LogP contribution < -0.4 is 0 Å². The molecule has 1 atom stereocenters. The average Bonchev–Trinajstić information content (AvgIpc) is 3.06. The summed E-state index contributed by atoms with van der Waals surface area (Å²) in [5.41, 5.74) is 1.59. The maximum absolute atomic E-state index is 12.7. The Bertz CT molecular complexity index is 855. The van der Waals surface area contributed by atoms with Crippen molar-refractivity contribution < 1.29 is 13.2 Å². The minimum absolute atomic E-state index is 0.0138. The lowest BCUT2D eigenvalue weighted by molar-refractivity contribution is -0.126. The van der Waals surface area contributed by atoms with Gasteiger partial charge < -0.3 is 4.90 Å². The number of carbonyl (C=O) groups is 1. The lowest BCUT2D eigenvalue weighted by Crippen LogP contribution is -2.34. The van der Waals surface area contributed by atoms with Crippen LogP contribution in [-0.4, -0.2) is 38.1 Å². The molecule has 1 aliphatic rings. The van der Waals surface area contributed by atoms with Gasteiger partial charge in [-0.3, -0.25) is 4.79 Å². The Morgan fingerprint density at radius 2 is 1.92 bits per heavy atom. The molecule has 1 aromatic heterocycles. The van der Waals surface area contributed by atoms with Crippen LogP contribution in [0.3, 0.4) is 0 Å². The van der Waals surface area contributed by atoms with Gasteiger partial charge in [-0.2, -0.15) is 0 Å². The van der Waals surface area contributed by atoms with Gasteiger partial charge in [0.05, 0.1) is 11.0 Å². The smallest absolute Gasteiger partial charge is 0.249 e. The van der Waals surface area contributed by atoms with Gasteiger partial charge in [-0.1, -0.05) is 36.4 Å². The van der Waals surface area contributed by atoms with Gasteiger partial charge in [-0.25, -0.2) is 8.42 Å². The van der Waals surface area contributed by atoms with Crippen molar-refractivity contribution in [1.29, 1.82) is 0 Å². The molecule has 0 N–H and O–H groups in total. The molecule has 1 aromatic carbocycles. The maximum atomic E-state index is 12.7. The van der Waals surface area contributed by atoms with Crippen molar-refractivity contribution in [2.75, 3.05) is 18.8 Å². The molecule has 1 aliphatic heterocycles. The zero-order valence-corrected chi connectivity index (χ0v) is 15.7. The van der Waals surface area contributed by atoms with E-state index in [0.29, 0.717) is 18.5 Å². The van der Waals surface area contributed by atoms with Crippen LogP contribution in [0.1, 0.15) is 29.0 Å². The first kappa shape index (κ1) is 17.9. The zero-order valence-electron chi connectivity index (χ0n) is 14.1. The maximum Gasteiger partial charge on any atom is 0.249 e. The fourth-order valence-electron chi connectivity index (χ4n) is 3.05. The molecule has 132 valence electrons. The lowest BCUT2D eigenvalue weighted by Gasteiger charge is -2.20. The standard InChI is InChI=1S/C19H21NO3S2/c1-15(14-16-6-3-2-4-7-16)19(21)20-10-9-18(17-8-5-12-24-17)25(22,23)13-11-20/h2-8,12,14,18H,9-11,13H2,1H3. The highest BCUT2D eigenvalue weighted by Crippen LogP contribution is 2.32. The van der Waals surface area contributed by atoms with E-state index in [-0.39, 0.29) is 18.2 Å². The molecule has 2 heterocycles. The molecule has 2 aromatic rings. The number of hydrogen-bond acceptors (Lipinski definition) is 4. The summed E-state index contributed by atoms with van der Waals surface area (Å²) >= 11 is 1.46. The molecule has 3 rings (SSSR count). The summed E-state index contributed by atoms with van der Waals surface area (Å²) in [6.45, 7) is 2.50. The fraction of sp³-hybridized carbons (Fsp3) is 0.316. The van der Waals surface area contributed by atoms with E-state index in [1.807, 2.05) is 53.9 Å². The summed E-state index contributed by atoms with van der Waals surface area (Å²) in [6.07, 6.45) is 2.30. The van der Waals surface area contributed by atoms with Crippen molar-refractivity contribution in [3.8, 4) is 0 Å². The van der Waals surface area contributed by atoms with Gasteiger partial charge in [0.2, 0.25) is 5.91 Å². The minimum Gasteiger partial charge on any atom is -0.338 e. The van der Waals surface area contributed by atoms with Gasteiger partial charge in [-0.05, 0) is 36.4 Å². The number of benzene rings is 1. The highest BCUT2D eigenvalue weighted by atomic mass is 32.2. The number of nitrogens with zero attached hydrogens (tertiary/aromatic N) is 1. The molecule has 0 saturated carbocycles. The Hall–Kier alpha value is -1.92. The van der Waals surface area contributed by atoms with Crippen LogP contribution in [0.2, 0.25) is 0 Å². The second-order valence-corrected chi connectivity index (χ2v) is 9.47. The van der Waals surface area contributed by atoms with Crippen LogP contribution in [0.25, 0.3) is 6.08 Å². The quantitative estimate of drug-likeness (QED) is 0.771. The van der Waals surface area contributed by atoms with E-state index in [9.17, 15) is 13.2 Å². The predicted molar refractivity (Wildman–Crippen MR) is 102 cm³/mol. The van der Waals surface area contributed by atoms with Crippen LogP contribution in [0.15, 0.2) is 53.4 Å². The first-order chi connectivity index (χ1) is 12.0. The Labute approximate surface area is 152 Å². The molecule has 25 heavy (non-hydrogen) atoms. The molecule has 1 fully saturated rings. The van der Waals surface area contributed by atoms with Gasteiger partial charge in [0.15, 0.2) is 9.84 Å². The van der Waals surface area contributed by atoms with Crippen LogP contribution in [0.5, 0.6) is 0 Å². The molecule has 1 amide bonds. The van der Waals surface area contributed by atoms with Crippen molar-refractivity contribution in [3.05, 3.63) is 63.9 Å². The zero-order chi connectivity index (χ0) is 17.9.